The third-order valence-electron chi connectivity index (χ3n) is 4.69. The van der Waals surface area contributed by atoms with E-state index >= 15 is 0 Å². The lowest BCUT2D eigenvalue weighted by atomic mass is 9.99. The van der Waals surface area contributed by atoms with Crippen molar-refractivity contribution < 1.29 is 24.3 Å². The standard InChI is InChI=1S/C20H21N3O5/c1-3-13-16(28-22-18(13)11-4-6-12(24)7-5-11)9-8-15(25)14-10-23(2)19(21)17(14)20(26)27/h4-7,10,24H,3,8-9,21H2,1-2H3,(H,26,27). The lowest BCUT2D eigenvalue weighted by molar-refractivity contribution is 0.0693. The quantitative estimate of drug-likeness (QED) is 0.534. The Morgan fingerprint density at radius 3 is 2.54 bits per heavy atom. The fourth-order valence-electron chi connectivity index (χ4n) is 3.19. The number of nitrogens with two attached hydrogens (primary N) is 1. The van der Waals surface area contributed by atoms with Gasteiger partial charge in [-0.3, -0.25) is 4.79 Å². The van der Waals surface area contributed by atoms with Crippen LogP contribution in [-0.4, -0.2) is 31.7 Å². The van der Waals surface area contributed by atoms with Crippen LogP contribution in [0.15, 0.2) is 35.0 Å². The number of carboxylic acid groups (broad SMARTS) is 1. The predicted octanol–water partition coefficient (Wildman–Crippen LogP) is 3.04. The third kappa shape index (κ3) is 3.48. The van der Waals surface area contributed by atoms with Crippen molar-refractivity contribution in [2.75, 3.05) is 5.73 Å². The molecule has 8 heteroatoms. The molecule has 0 atom stereocenters. The molecule has 0 aliphatic rings. The molecule has 3 rings (SSSR count). The van der Waals surface area contributed by atoms with Gasteiger partial charge in [0, 0.05) is 37.2 Å². The summed E-state index contributed by atoms with van der Waals surface area (Å²) in [5.74, 6) is -0.772. The first-order valence-electron chi connectivity index (χ1n) is 8.81. The maximum Gasteiger partial charge on any atom is 0.340 e. The minimum absolute atomic E-state index is 0.0411. The van der Waals surface area contributed by atoms with E-state index in [1.165, 1.54) is 10.8 Å². The number of aromatic carboxylic acids is 1. The van der Waals surface area contributed by atoms with Gasteiger partial charge in [0.2, 0.25) is 0 Å². The fourth-order valence-corrected chi connectivity index (χ4v) is 3.19. The van der Waals surface area contributed by atoms with E-state index in [2.05, 4.69) is 5.16 Å². The average molecular weight is 383 g/mol. The number of benzene rings is 1. The zero-order chi connectivity index (χ0) is 20.4. The van der Waals surface area contributed by atoms with Crippen LogP contribution in [0.5, 0.6) is 5.75 Å². The number of ketones is 1. The molecule has 0 aliphatic heterocycles. The number of nitrogen functional groups attached to an aromatic ring is 1. The van der Waals surface area contributed by atoms with Crippen molar-refractivity contribution in [3.8, 4) is 17.0 Å². The molecule has 0 aliphatic carbocycles. The molecule has 0 bridgehead atoms. The highest BCUT2D eigenvalue weighted by Gasteiger charge is 2.24. The van der Waals surface area contributed by atoms with Crippen LogP contribution in [0.4, 0.5) is 5.82 Å². The predicted molar refractivity (Wildman–Crippen MR) is 102 cm³/mol. The Hall–Kier alpha value is -3.55. The number of phenols is 1. The highest BCUT2D eigenvalue weighted by Crippen LogP contribution is 2.29. The van der Waals surface area contributed by atoms with E-state index < -0.39 is 5.97 Å². The first-order valence-corrected chi connectivity index (χ1v) is 8.81. The molecule has 1 aromatic carbocycles. The van der Waals surface area contributed by atoms with Crippen molar-refractivity contribution >= 4 is 17.6 Å². The van der Waals surface area contributed by atoms with Crippen molar-refractivity contribution in [3.63, 3.8) is 0 Å². The molecule has 28 heavy (non-hydrogen) atoms. The summed E-state index contributed by atoms with van der Waals surface area (Å²) < 4.78 is 6.88. The van der Waals surface area contributed by atoms with Gasteiger partial charge in [-0.15, -0.1) is 0 Å². The Morgan fingerprint density at radius 1 is 1.25 bits per heavy atom. The number of aromatic hydroxyl groups is 1. The molecule has 0 amide bonds. The number of aromatic nitrogens is 2. The van der Waals surface area contributed by atoms with Gasteiger partial charge >= 0.3 is 5.97 Å². The van der Waals surface area contributed by atoms with Gasteiger partial charge < -0.3 is 25.0 Å². The van der Waals surface area contributed by atoms with Gasteiger partial charge in [-0.25, -0.2) is 4.79 Å². The molecule has 0 saturated heterocycles. The molecule has 8 nitrogen and oxygen atoms in total. The zero-order valence-corrected chi connectivity index (χ0v) is 15.6. The van der Waals surface area contributed by atoms with Crippen LogP contribution in [0, 0.1) is 0 Å². The summed E-state index contributed by atoms with van der Waals surface area (Å²) in [6, 6.07) is 6.63. The number of anilines is 1. The van der Waals surface area contributed by atoms with Crippen LogP contribution in [0.1, 0.15) is 45.4 Å². The van der Waals surface area contributed by atoms with E-state index in [4.69, 9.17) is 10.3 Å². The van der Waals surface area contributed by atoms with Gasteiger partial charge in [0.1, 0.15) is 28.6 Å². The number of aryl methyl sites for hydroxylation is 2. The molecule has 0 radical (unpaired) electrons. The molecule has 3 aromatic rings. The molecule has 0 fully saturated rings. The third-order valence-corrected chi connectivity index (χ3v) is 4.69. The number of phenolic OH excluding ortho intramolecular Hbond substituents is 1. The number of carbonyl (C=O) groups is 2. The number of hydrogen-bond acceptors (Lipinski definition) is 6. The summed E-state index contributed by atoms with van der Waals surface area (Å²) in [4.78, 5) is 24.0. The van der Waals surface area contributed by atoms with Gasteiger partial charge in [-0.2, -0.15) is 0 Å². The SMILES string of the molecule is CCc1c(-c2ccc(O)cc2)noc1CCC(=O)c1cn(C)c(N)c1C(=O)O. The minimum Gasteiger partial charge on any atom is -0.508 e. The Labute approximate surface area is 161 Å². The van der Waals surface area contributed by atoms with E-state index in [9.17, 15) is 19.8 Å². The van der Waals surface area contributed by atoms with Crippen LogP contribution < -0.4 is 5.73 Å². The lowest BCUT2D eigenvalue weighted by Crippen LogP contribution is -2.09. The van der Waals surface area contributed by atoms with Crippen LogP contribution >= 0.6 is 0 Å². The summed E-state index contributed by atoms with van der Waals surface area (Å²) in [6.07, 6.45) is 2.45. The first kappa shape index (κ1) is 19.2. The highest BCUT2D eigenvalue weighted by molar-refractivity contribution is 6.08. The fraction of sp³-hybridized carbons (Fsp3) is 0.250. The molecule has 0 saturated carbocycles. The van der Waals surface area contributed by atoms with Crippen molar-refractivity contribution in [2.24, 2.45) is 7.05 Å². The summed E-state index contributed by atoms with van der Waals surface area (Å²) in [5, 5.41) is 22.9. The number of rotatable bonds is 7. The summed E-state index contributed by atoms with van der Waals surface area (Å²) in [6.45, 7) is 1.96. The Morgan fingerprint density at radius 2 is 1.93 bits per heavy atom. The van der Waals surface area contributed by atoms with E-state index in [1.54, 1.807) is 31.3 Å². The molecule has 2 heterocycles. The molecule has 146 valence electrons. The zero-order valence-electron chi connectivity index (χ0n) is 15.6. The van der Waals surface area contributed by atoms with E-state index in [0.29, 0.717) is 24.3 Å². The van der Waals surface area contributed by atoms with Gasteiger partial charge in [0.15, 0.2) is 5.78 Å². The Kier molecular flexibility index (Phi) is 5.21. The molecule has 2 aromatic heterocycles. The summed E-state index contributed by atoms with van der Waals surface area (Å²) in [7, 11) is 1.59. The first-order chi connectivity index (χ1) is 13.3. The minimum atomic E-state index is -1.23. The number of carboxylic acids is 1. The Bertz CT molecular complexity index is 1030. The number of Topliss-reactive ketones (excluding diaryl/α,β-unsaturated/α-hetero) is 1. The second-order valence-electron chi connectivity index (χ2n) is 6.48. The lowest BCUT2D eigenvalue weighted by Gasteiger charge is -2.03. The molecule has 0 spiro atoms. The highest BCUT2D eigenvalue weighted by atomic mass is 16.5. The molecule has 4 N–H and O–H groups in total. The van der Waals surface area contributed by atoms with Crippen molar-refractivity contribution in [3.05, 3.63) is 52.9 Å². The molecular formula is C20H21N3O5. The topological polar surface area (TPSA) is 132 Å². The number of hydrogen-bond donors (Lipinski definition) is 3. The largest absolute Gasteiger partial charge is 0.508 e. The van der Waals surface area contributed by atoms with Gasteiger partial charge in [-0.05, 0) is 30.7 Å². The van der Waals surface area contributed by atoms with Crippen molar-refractivity contribution in [2.45, 2.75) is 26.2 Å². The Balaban J connectivity index is 1.82. The summed E-state index contributed by atoms with van der Waals surface area (Å²) >= 11 is 0. The van der Waals surface area contributed by atoms with Crippen molar-refractivity contribution in [1.29, 1.82) is 0 Å². The van der Waals surface area contributed by atoms with E-state index in [0.717, 1.165) is 11.1 Å². The monoisotopic (exact) mass is 383 g/mol. The van der Waals surface area contributed by atoms with Crippen LogP contribution in [-0.2, 0) is 19.9 Å². The molecular weight excluding hydrogens is 362 g/mol. The van der Waals surface area contributed by atoms with Crippen LogP contribution in [0.3, 0.4) is 0 Å². The smallest absolute Gasteiger partial charge is 0.340 e. The van der Waals surface area contributed by atoms with Gasteiger partial charge in [0.05, 0.1) is 5.56 Å². The normalized spacial score (nSPS) is 10.9. The van der Waals surface area contributed by atoms with E-state index in [-0.39, 0.29) is 34.9 Å². The number of carbonyl (C=O) groups excluding carboxylic acids is 1. The molecule has 0 unspecified atom stereocenters. The van der Waals surface area contributed by atoms with E-state index in [1.807, 2.05) is 6.92 Å². The maximum absolute atomic E-state index is 12.6. The van der Waals surface area contributed by atoms with Gasteiger partial charge in [0.25, 0.3) is 0 Å². The second kappa shape index (κ2) is 7.59. The average Bonchev–Trinajstić information content (AvgIpc) is 3.21. The second-order valence-corrected chi connectivity index (χ2v) is 6.48. The van der Waals surface area contributed by atoms with Crippen LogP contribution in [0.25, 0.3) is 11.3 Å². The number of nitrogens with zero attached hydrogens (tertiary/aromatic N) is 2. The summed E-state index contributed by atoms with van der Waals surface area (Å²) in [5.41, 5.74) is 8.02. The van der Waals surface area contributed by atoms with Crippen molar-refractivity contribution in [1.82, 2.24) is 9.72 Å². The maximum atomic E-state index is 12.6. The van der Waals surface area contributed by atoms with Gasteiger partial charge in [-0.1, -0.05) is 12.1 Å². The van der Waals surface area contributed by atoms with Crippen LogP contribution in [0.2, 0.25) is 0 Å².